The minimum atomic E-state index is -0.250. The molecule has 5 heterocycles. The quantitative estimate of drug-likeness (QED) is 0.579. The summed E-state index contributed by atoms with van der Waals surface area (Å²) >= 11 is 0. The molecule has 33 heavy (non-hydrogen) atoms. The van der Waals surface area contributed by atoms with Crippen LogP contribution in [0.4, 0.5) is 0 Å². The lowest BCUT2D eigenvalue weighted by atomic mass is 9.72. The number of fused-ring (bicyclic) bond motifs is 4. The molecule has 3 N–H and O–H groups in total. The van der Waals surface area contributed by atoms with Crippen molar-refractivity contribution < 1.29 is 28.8 Å². The Morgan fingerprint density at radius 3 is 2.79 bits per heavy atom. The summed E-state index contributed by atoms with van der Waals surface area (Å²) in [6.07, 6.45) is 6.44. The van der Waals surface area contributed by atoms with E-state index in [1.165, 1.54) is 6.26 Å². The third-order valence-electron chi connectivity index (χ3n) is 6.76. The average molecular weight is 457 g/mol. The van der Waals surface area contributed by atoms with Crippen molar-refractivity contribution in [3.05, 3.63) is 42.0 Å². The third-order valence-corrected chi connectivity index (χ3v) is 6.76. The number of carbonyl (C=O) groups is 4. The Labute approximate surface area is 190 Å². The fraction of sp³-hybridized carbons (Fsp3) is 0.500. The van der Waals surface area contributed by atoms with E-state index >= 15 is 0 Å². The highest BCUT2D eigenvalue weighted by atomic mass is 16.5. The molecule has 0 aromatic carbocycles. The Hall–Kier alpha value is -3.63. The van der Waals surface area contributed by atoms with Gasteiger partial charge in [-0.3, -0.25) is 19.2 Å². The van der Waals surface area contributed by atoms with Crippen LogP contribution in [0.3, 0.4) is 0 Å². The van der Waals surface area contributed by atoms with Crippen LogP contribution < -0.4 is 5.32 Å². The Balaban J connectivity index is 0.000000821. The second-order valence-electron chi connectivity index (χ2n) is 8.58. The van der Waals surface area contributed by atoms with Gasteiger partial charge in [0.1, 0.15) is 12.0 Å². The third kappa shape index (κ3) is 4.62. The molecule has 3 aliphatic rings. The lowest BCUT2D eigenvalue weighted by Crippen LogP contribution is -2.67. The van der Waals surface area contributed by atoms with E-state index in [0.29, 0.717) is 37.4 Å². The zero-order valence-corrected chi connectivity index (χ0v) is 18.1. The van der Waals surface area contributed by atoms with Crippen molar-refractivity contribution in [3.8, 4) is 0 Å². The highest BCUT2D eigenvalue weighted by Crippen LogP contribution is 2.41. The van der Waals surface area contributed by atoms with Gasteiger partial charge in [-0.15, -0.1) is 0 Å². The number of aromatic nitrogens is 2. The number of rotatable bonds is 4. The number of amides is 3. The monoisotopic (exact) mass is 457 g/mol. The maximum atomic E-state index is 12.9. The summed E-state index contributed by atoms with van der Waals surface area (Å²) in [4.78, 5) is 53.3. The van der Waals surface area contributed by atoms with Crippen LogP contribution in [-0.4, -0.2) is 81.0 Å². The number of piperidine rings is 3. The SMILES string of the molecule is O=C(NC[C@H]1[C@H]2C[C@H](CN(C(=O)c3ccon3)C2)[C@@H]2CCCC(=O)N21)c1ccc[nH]1.O=CO. The largest absolute Gasteiger partial charge is 0.483 e. The van der Waals surface area contributed by atoms with E-state index in [2.05, 4.69) is 15.5 Å². The second-order valence-corrected chi connectivity index (χ2v) is 8.58. The van der Waals surface area contributed by atoms with E-state index in [9.17, 15) is 14.4 Å². The van der Waals surface area contributed by atoms with Gasteiger partial charge in [0.2, 0.25) is 5.91 Å². The van der Waals surface area contributed by atoms with Gasteiger partial charge in [0.05, 0.1) is 6.04 Å². The normalized spacial score (nSPS) is 26.0. The maximum absolute atomic E-state index is 12.9. The first-order chi connectivity index (χ1) is 16.0. The Morgan fingerprint density at radius 1 is 1.30 bits per heavy atom. The van der Waals surface area contributed by atoms with Gasteiger partial charge in [-0.1, -0.05) is 5.16 Å². The molecule has 2 aromatic rings. The molecule has 11 nitrogen and oxygen atoms in total. The molecule has 0 spiro atoms. The van der Waals surface area contributed by atoms with Crippen LogP contribution in [0.2, 0.25) is 0 Å². The number of hydrogen-bond donors (Lipinski definition) is 3. The van der Waals surface area contributed by atoms with E-state index < -0.39 is 0 Å². The molecule has 2 aromatic heterocycles. The zero-order chi connectivity index (χ0) is 23.4. The Bertz CT molecular complexity index is 976. The molecule has 3 fully saturated rings. The van der Waals surface area contributed by atoms with E-state index in [1.807, 2.05) is 9.80 Å². The molecule has 0 unspecified atom stereocenters. The highest BCUT2D eigenvalue weighted by Gasteiger charge is 2.50. The summed E-state index contributed by atoms with van der Waals surface area (Å²) in [6, 6.07) is 5.07. The van der Waals surface area contributed by atoms with Gasteiger partial charge in [-0.25, -0.2) is 0 Å². The van der Waals surface area contributed by atoms with E-state index in [1.54, 1.807) is 24.4 Å². The van der Waals surface area contributed by atoms with Crippen molar-refractivity contribution in [2.75, 3.05) is 19.6 Å². The molecule has 176 valence electrons. The summed E-state index contributed by atoms with van der Waals surface area (Å²) in [5, 5.41) is 13.7. The number of H-pyrrole nitrogens is 1. The van der Waals surface area contributed by atoms with Crippen LogP contribution in [0, 0.1) is 11.8 Å². The summed E-state index contributed by atoms with van der Waals surface area (Å²) < 4.78 is 4.84. The smallest absolute Gasteiger partial charge is 0.290 e. The van der Waals surface area contributed by atoms with Crippen molar-refractivity contribution in [1.82, 2.24) is 25.3 Å². The minimum absolute atomic E-state index is 0.113. The lowest BCUT2D eigenvalue weighted by molar-refractivity contribution is -0.151. The molecule has 4 atom stereocenters. The molecule has 2 bridgehead atoms. The summed E-state index contributed by atoms with van der Waals surface area (Å²) in [5.41, 5.74) is 0.805. The Kier molecular flexibility index (Phi) is 6.76. The molecule has 5 rings (SSSR count). The van der Waals surface area contributed by atoms with Crippen LogP contribution >= 0.6 is 0 Å². The van der Waals surface area contributed by atoms with E-state index in [4.69, 9.17) is 14.4 Å². The van der Waals surface area contributed by atoms with Gasteiger partial charge in [-0.05, 0) is 43.2 Å². The van der Waals surface area contributed by atoms with Crippen LogP contribution in [0.1, 0.15) is 46.7 Å². The van der Waals surface area contributed by atoms with Crippen LogP contribution in [-0.2, 0) is 9.59 Å². The molecule has 3 saturated heterocycles. The van der Waals surface area contributed by atoms with Crippen LogP contribution in [0.25, 0.3) is 0 Å². The van der Waals surface area contributed by atoms with Gasteiger partial charge in [0, 0.05) is 44.4 Å². The standard InChI is InChI=1S/C21H25N5O4.CH2O2/c27-19-5-1-4-17-13-9-14(12-25(11-13)21(29)16-6-8-30-24-16)18(26(17)19)10-23-20(28)15-3-2-7-22-15;2-1-3/h2-3,6-8,13-14,17-18,22H,1,4-5,9-12H2,(H,23,28);1H,(H,2,3)/t13-,14+,17+,18+;/m1./s1. The molecular weight excluding hydrogens is 430 g/mol. The number of nitrogens with one attached hydrogen (secondary N) is 2. The first-order valence-corrected chi connectivity index (χ1v) is 11.0. The summed E-state index contributed by atoms with van der Waals surface area (Å²) in [7, 11) is 0. The molecular formula is C22H27N5O6. The molecule has 11 heteroatoms. The van der Waals surface area contributed by atoms with E-state index in [0.717, 1.165) is 19.3 Å². The van der Waals surface area contributed by atoms with Gasteiger partial charge >= 0.3 is 0 Å². The number of nitrogens with zero attached hydrogens (tertiary/aromatic N) is 3. The fourth-order valence-electron chi connectivity index (χ4n) is 5.45. The van der Waals surface area contributed by atoms with Gasteiger partial charge < -0.3 is 29.7 Å². The number of carboxylic acid groups (broad SMARTS) is 1. The number of aromatic amines is 1. The average Bonchev–Trinajstić information content (AvgIpc) is 3.54. The number of likely N-dealkylation sites (tertiary alicyclic amines) is 1. The fourth-order valence-corrected chi connectivity index (χ4v) is 5.45. The van der Waals surface area contributed by atoms with E-state index in [-0.39, 0.29) is 48.1 Å². The molecule has 0 aliphatic carbocycles. The van der Waals surface area contributed by atoms with Crippen molar-refractivity contribution in [2.24, 2.45) is 11.8 Å². The highest BCUT2D eigenvalue weighted by molar-refractivity contribution is 5.93. The molecule has 3 aliphatic heterocycles. The van der Waals surface area contributed by atoms with Gasteiger partial charge in [0.15, 0.2) is 5.69 Å². The predicted octanol–water partition coefficient (Wildman–Crippen LogP) is 0.975. The van der Waals surface area contributed by atoms with Crippen molar-refractivity contribution in [3.63, 3.8) is 0 Å². The van der Waals surface area contributed by atoms with Gasteiger partial charge in [0.25, 0.3) is 18.3 Å². The topological polar surface area (TPSA) is 149 Å². The van der Waals surface area contributed by atoms with Crippen molar-refractivity contribution >= 4 is 24.2 Å². The molecule has 3 amide bonds. The zero-order valence-electron chi connectivity index (χ0n) is 18.1. The van der Waals surface area contributed by atoms with Crippen LogP contribution in [0.15, 0.2) is 35.2 Å². The second kappa shape index (κ2) is 9.88. The summed E-state index contributed by atoms with van der Waals surface area (Å²) in [6.45, 7) is 1.30. The lowest BCUT2D eigenvalue weighted by Gasteiger charge is -2.56. The number of hydrogen-bond acceptors (Lipinski definition) is 6. The minimum Gasteiger partial charge on any atom is -0.483 e. The number of carbonyl (C=O) groups excluding carboxylic acids is 3. The van der Waals surface area contributed by atoms with Crippen molar-refractivity contribution in [2.45, 2.75) is 37.8 Å². The maximum Gasteiger partial charge on any atom is 0.290 e. The van der Waals surface area contributed by atoms with Crippen molar-refractivity contribution in [1.29, 1.82) is 0 Å². The molecule has 0 radical (unpaired) electrons. The van der Waals surface area contributed by atoms with Gasteiger partial charge in [-0.2, -0.15) is 0 Å². The first kappa shape index (κ1) is 22.6. The Morgan fingerprint density at radius 2 is 2.09 bits per heavy atom. The predicted molar refractivity (Wildman–Crippen MR) is 114 cm³/mol. The molecule has 0 saturated carbocycles. The first-order valence-electron chi connectivity index (χ1n) is 11.0. The van der Waals surface area contributed by atoms with Crippen LogP contribution in [0.5, 0.6) is 0 Å². The summed E-state index contributed by atoms with van der Waals surface area (Å²) in [5.74, 6) is 0.204.